The van der Waals surface area contributed by atoms with E-state index in [0.717, 1.165) is 11.4 Å². The number of piperazine rings is 1. The summed E-state index contributed by atoms with van der Waals surface area (Å²) in [6.45, 7) is 6.74. The number of aromatic nitrogens is 2. The van der Waals surface area contributed by atoms with Gasteiger partial charge in [0.2, 0.25) is 5.95 Å². The van der Waals surface area contributed by atoms with E-state index < -0.39 is 5.82 Å². The van der Waals surface area contributed by atoms with Crippen LogP contribution < -0.4 is 14.7 Å². The van der Waals surface area contributed by atoms with Crippen LogP contribution in [0.15, 0.2) is 48.5 Å². The first-order chi connectivity index (χ1) is 16.5. The van der Waals surface area contributed by atoms with Crippen LogP contribution in [0, 0.1) is 11.6 Å². The molecule has 5 rings (SSSR count). The Kier molecular flexibility index (Phi) is 7.72. The van der Waals surface area contributed by atoms with Crippen molar-refractivity contribution in [1.29, 1.82) is 0 Å². The Balaban J connectivity index is 0.00000289. The molecule has 3 heterocycles. The standard InChI is InChI=1S/C25H26ClF2N5O.CH4/c1-17-16-32(23-5-3-2-4-21(23)28)8-9-33(17)24-15-22(18-6-7-20(27)19(26)14-18)29-25(30-24)31-10-12-34-13-11-31;/h2-7,14-15,17H,8-13,16H2,1H3;1H4/t17-;/m1./s1. The molecule has 2 saturated heterocycles. The molecular weight excluding hydrogens is 472 g/mol. The van der Waals surface area contributed by atoms with Gasteiger partial charge in [0.05, 0.1) is 29.6 Å². The van der Waals surface area contributed by atoms with Gasteiger partial charge in [-0.2, -0.15) is 4.98 Å². The van der Waals surface area contributed by atoms with Gasteiger partial charge in [0.25, 0.3) is 0 Å². The summed E-state index contributed by atoms with van der Waals surface area (Å²) in [5.74, 6) is 0.717. The smallest absolute Gasteiger partial charge is 0.228 e. The van der Waals surface area contributed by atoms with E-state index >= 15 is 0 Å². The number of halogens is 3. The molecule has 0 bridgehead atoms. The van der Waals surface area contributed by atoms with Crippen molar-refractivity contribution in [3.8, 4) is 11.3 Å². The number of morpholine rings is 1. The minimum atomic E-state index is -0.467. The lowest BCUT2D eigenvalue weighted by molar-refractivity contribution is 0.122. The van der Waals surface area contributed by atoms with Gasteiger partial charge in [-0.1, -0.05) is 31.2 Å². The first kappa shape index (κ1) is 25.1. The summed E-state index contributed by atoms with van der Waals surface area (Å²) in [5.41, 5.74) is 2.02. The van der Waals surface area contributed by atoms with Crippen molar-refractivity contribution >= 4 is 29.1 Å². The second-order valence-electron chi connectivity index (χ2n) is 8.58. The van der Waals surface area contributed by atoms with Gasteiger partial charge in [-0.3, -0.25) is 0 Å². The predicted octanol–water partition coefficient (Wildman–Crippen LogP) is 5.26. The van der Waals surface area contributed by atoms with Crippen LogP contribution in [0.4, 0.5) is 26.2 Å². The SMILES string of the molecule is C.C[C@@H]1CN(c2ccccc2F)CCN1c1cc(-c2ccc(F)c(Cl)c2)nc(N2CCOCC2)n1. The van der Waals surface area contributed by atoms with Crippen molar-refractivity contribution in [2.24, 2.45) is 0 Å². The van der Waals surface area contributed by atoms with Crippen molar-refractivity contribution in [1.82, 2.24) is 9.97 Å². The van der Waals surface area contributed by atoms with E-state index in [1.165, 1.54) is 12.1 Å². The molecule has 1 atom stereocenters. The molecule has 0 saturated carbocycles. The van der Waals surface area contributed by atoms with E-state index in [4.69, 9.17) is 26.3 Å². The Bertz CT molecular complexity index is 1170. The van der Waals surface area contributed by atoms with E-state index in [2.05, 4.69) is 21.6 Å². The third-order valence-electron chi connectivity index (χ3n) is 6.33. The lowest BCUT2D eigenvalue weighted by atomic mass is 10.1. The number of hydrogen-bond acceptors (Lipinski definition) is 6. The van der Waals surface area contributed by atoms with E-state index in [0.29, 0.717) is 63.3 Å². The van der Waals surface area contributed by atoms with Crippen molar-refractivity contribution in [3.05, 3.63) is 65.2 Å². The molecule has 2 fully saturated rings. The molecule has 0 unspecified atom stereocenters. The van der Waals surface area contributed by atoms with E-state index in [1.807, 2.05) is 18.2 Å². The minimum absolute atomic E-state index is 0. The first-order valence-electron chi connectivity index (χ1n) is 11.4. The van der Waals surface area contributed by atoms with Gasteiger partial charge in [0.1, 0.15) is 17.5 Å². The predicted molar refractivity (Wildman–Crippen MR) is 138 cm³/mol. The molecule has 0 radical (unpaired) electrons. The van der Waals surface area contributed by atoms with Crippen LogP contribution in [-0.4, -0.2) is 61.9 Å². The molecule has 35 heavy (non-hydrogen) atoms. The Hall–Kier alpha value is -2.97. The van der Waals surface area contributed by atoms with Crippen LogP contribution in [0.2, 0.25) is 5.02 Å². The zero-order valence-corrected chi connectivity index (χ0v) is 19.7. The molecule has 2 aliphatic rings. The van der Waals surface area contributed by atoms with Crippen molar-refractivity contribution in [2.75, 3.05) is 60.6 Å². The Labute approximate surface area is 210 Å². The molecule has 6 nitrogen and oxygen atoms in total. The van der Waals surface area contributed by atoms with Crippen LogP contribution in [0.3, 0.4) is 0 Å². The number of ether oxygens (including phenoxy) is 1. The van der Waals surface area contributed by atoms with Gasteiger partial charge in [-0.05, 0) is 37.3 Å². The first-order valence-corrected chi connectivity index (χ1v) is 11.8. The Morgan fingerprint density at radius 3 is 2.40 bits per heavy atom. The second kappa shape index (κ2) is 10.7. The maximum atomic E-state index is 14.4. The van der Waals surface area contributed by atoms with Gasteiger partial charge in [-0.15, -0.1) is 0 Å². The fourth-order valence-corrected chi connectivity index (χ4v) is 4.68. The van der Waals surface area contributed by atoms with E-state index in [1.54, 1.807) is 18.2 Å². The Morgan fingerprint density at radius 1 is 0.914 bits per heavy atom. The normalized spacial score (nSPS) is 18.4. The zero-order chi connectivity index (χ0) is 23.7. The molecule has 2 aromatic carbocycles. The van der Waals surface area contributed by atoms with Crippen LogP contribution in [-0.2, 0) is 4.74 Å². The molecule has 0 amide bonds. The van der Waals surface area contributed by atoms with Crippen molar-refractivity contribution in [3.63, 3.8) is 0 Å². The summed E-state index contributed by atoms with van der Waals surface area (Å²) in [7, 11) is 0. The fraction of sp³-hybridized carbons (Fsp3) is 0.385. The molecule has 0 aliphatic carbocycles. The fourth-order valence-electron chi connectivity index (χ4n) is 4.50. The van der Waals surface area contributed by atoms with Crippen LogP contribution >= 0.6 is 11.6 Å². The van der Waals surface area contributed by atoms with Gasteiger partial charge in [-0.25, -0.2) is 13.8 Å². The largest absolute Gasteiger partial charge is 0.378 e. The summed E-state index contributed by atoms with van der Waals surface area (Å²) in [6.07, 6.45) is 0. The topological polar surface area (TPSA) is 44.7 Å². The van der Waals surface area contributed by atoms with Crippen molar-refractivity contribution < 1.29 is 13.5 Å². The molecule has 0 spiro atoms. The van der Waals surface area contributed by atoms with Crippen molar-refractivity contribution in [2.45, 2.75) is 20.4 Å². The van der Waals surface area contributed by atoms with E-state index in [9.17, 15) is 8.78 Å². The summed E-state index contributed by atoms with van der Waals surface area (Å²) in [5, 5.41) is 0.0532. The molecule has 3 aromatic rings. The quantitative estimate of drug-likeness (QED) is 0.485. The third-order valence-corrected chi connectivity index (χ3v) is 6.61. The summed E-state index contributed by atoms with van der Waals surface area (Å²) < 4.78 is 33.6. The number of para-hydroxylation sites is 1. The number of nitrogens with zero attached hydrogens (tertiary/aromatic N) is 5. The molecule has 186 valence electrons. The summed E-state index contributed by atoms with van der Waals surface area (Å²) >= 11 is 6.06. The number of hydrogen-bond donors (Lipinski definition) is 0. The highest BCUT2D eigenvalue weighted by atomic mass is 35.5. The van der Waals surface area contributed by atoms with Gasteiger partial charge in [0, 0.05) is 50.4 Å². The van der Waals surface area contributed by atoms with Crippen LogP contribution in [0.1, 0.15) is 14.4 Å². The third kappa shape index (κ3) is 5.33. The maximum absolute atomic E-state index is 14.4. The van der Waals surface area contributed by atoms with Crippen LogP contribution in [0.5, 0.6) is 0 Å². The highest BCUT2D eigenvalue weighted by molar-refractivity contribution is 6.31. The maximum Gasteiger partial charge on any atom is 0.228 e. The average molecular weight is 502 g/mol. The average Bonchev–Trinajstić information content (AvgIpc) is 2.86. The second-order valence-corrected chi connectivity index (χ2v) is 8.99. The van der Waals surface area contributed by atoms with Gasteiger partial charge < -0.3 is 19.4 Å². The number of benzene rings is 2. The lowest BCUT2D eigenvalue weighted by Crippen LogP contribution is -2.52. The van der Waals surface area contributed by atoms with E-state index in [-0.39, 0.29) is 24.3 Å². The summed E-state index contributed by atoms with van der Waals surface area (Å²) in [6, 6.07) is 13.5. The molecule has 2 aliphatic heterocycles. The minimum Gasteiger partial charge on any atom is -0.378 e. The highest BCUT2D eigenvalue weighted by Crippen LogP contribution is 2.31. The molecule has 0 N–H and O–H groups in total. The highest BCUT2D eigenvalue weighted by Gasteiger charge is 2.28. The Morgan fingerprint density at radius 2 is 1.69 bits per heavy atom. The van der Waals surface area contributed by atoms with Gasteiger partial charge in [0.15, 0.2) is 0 Å². The monoisotopic (exact) mass is 501 g/mol. The lowest BCUT2D eigenvalue weighted by Gasteiger charge is -2.42. The van der Waals surface area contributed by atoms with Crippen LogP contribution in [0.25, 0.3) is 11.3 Å². The molecular formula is C26H30ClF2N5O. The molecule has 9 heteroatoms. The number of rotatable bonds is 4. The number of anilines is 3. The zero-order valence-electron chi connectivity index (χ0n) is 18.9. The summed E-state index contributed by atoms with van der Waals surface area (Å²) in [4.78, 5) is 16.1. The van der Waals surface area contributed by atoms with Gasteiger partial charge >= 0.3 is 0 Å². The molecule has 1 aromatic heterocycles.